The number of amides is 1. The summed E-state index contributed by atoms with van der Waals surface area (Å²) >= 11 is 0. The molecule has 1 unspecified atom stereocenters. The van der Waals surface area contributed by atoms with Crippen LogP contribution in [0, 0.1) is 26.7 Å². The molecule has 9 N–H and O–H groups in total. The number of hydrogen-bond donors (Lipinski definition) is 9. The molecule has 312 valence electrons. The lowest BCUT2D eigenvalue weighted by Crippen LogP contribution is -2.59. The number of esters is 1. The molecule has 0 saturated carbocycles. The maximum atomic E-state index is 14.3. The van der Waals surface area contributed by atoms with Gasteiger partial charge in [-0.3, -0.25) is 24.0 Å². The number of Topliss-reactive ketones (excluding diaryl/α,β-unsaturated/α-hetero) is 1. The molecule has 8 atom stereocenters. The predicted octanol–water partition coefficient (Wildman–Crippen LogP) is 1.04. The van der Waals surface area contributed by atoms with E-state index in [0.29, 0.717) is 80.3 Å². The van der Waals surface area contributed by atoms with Crippen LogP contribution >= 0.6 is 0 Å². The first-order valence-corrected chi connectivity index (χ1v) is 19.0. The molecule has 2 aliphatic heterocycles. The maximum absolute atomic E-state index is 14.3. The van der Waals surface area contributed by atoms with Crippen molar-refractivity contribution in [2.75, 3.05) is 20.3 Å². The number of carbonyl (C=O) groups is 5. The number of carbonyl (C=O) groups excluding carboxylic acids is 4. The lowest BCUT2D eigenvalue weighted by atomic mass is 9.87. The Labute approximate surface area is 333 Å². The number of nitrogens with one attached hydrogen (secondary N) is 4. The van der Waals surface area contributed by atoms with Crippen molar-refractivity contribution >= 4 is 29.9 Å². The number of H-pyrrole nitrogens is 3. The minimum absolute atomic E-state index is 0.0450. The Hall–Kier alpha value is -5.17. The van der Waals surface area contributed by atoms with Gasteiger partial charge in [-0.1, -0.05) is 12.7 Å². The number of aliphatic hydroxyl groups excluding tert-OH is 4. The van der Waals surface area contributed by atoms with Gasteiger partial charge in [-0.25, -0.2) is 0 Å². The molecule has 5 heterocycles. The Balaban J connectivity index is 1.35. The lowest BCUT2D eigenvalue weighted by molar-refractivity contribution is -0.300. The molecule has 17 nitrogen and oxygen atoms in total. The van der Waals surface area contributed by atoms with Gasteiger partial charge in [0.05, 0.1) is 38.0 Å². The first-order valence-electron chi connectivity index (χ1n) is 19.0. The molecule has 17 heteroatoms. The first-order chi connectivity index (χ1) is 27.6. The number of methoxy groups -OCH3 is 1. The fraction of sp³-hybridized carbons (Fsp3) is 0.488. The van der Waals surface area contributed by atoms with E-state index in [1.807, 2.05) is 13.8 Å². The number of aliphatic carboxylic acids is 1. The van der Waals surface area contributed by atoms with Crippen LogP contribution in [0.1, 0.15) is 96.4 Å². The van der Waals surface area contributed by atoms with Crippen molar-refractivity contribution < 1.29 is 63.7 Å². The van der Waals surface area contributed by atoms with Crippen molar-refractivity contribution in [3.05, 3.63) is 91.3 Å². The third kappa shape index (κ3) is 7.49. The molecule has 3 aromatic heterocycles. The largest absolute Gasteiger partial charge is 0.481 e. The van der Waals surface area contributed by atoms with E-state index in [2.05, 4.69) is 26.8 Å². The minimum Gasteiger partial charge on any atom is -0.481 e. The molecule has 0 radical (unpaired) electrons. The number of aliphatic hydroxyl groups is 4. The monoisotopic (exact) mass is 806 g/mol. The summed E-state index contributed by atoms with van der Waals surface area (Å²) in [5.74, 6) is -4.68. The minimum atomic E-state index is -1.61. The number of ether oxygens (including phenoxy) is 3. The van der Waals surface area contributed by atoms with Crippen LogP contribution in [0.3, 0.4) is 0 Å². The van der Waals surface area contributed by atoms with E-state index in [0.717, 1.165) is 11.1 Å². The van der Waals surface area contributed by atoms with E-state index in [9.17, 15) is 49.5 Å². The Morgan fingerprint density at radius 3 is 2.22 bits per heavy atom. The molecule has 3 aliphatic rings. The third-order valence-corrected chi connectivity index (χ3v) is 12.0. The molecule has 1 saturated heterocycles. The van der Waals surface area contributed by atoms with Gasteiger partial charge in [-0.15, -0.1) is 0 Å². The van der Waals surface area contributed by atoms with Crippen LogP contribution < -0.4 is 5.32 Å². The molecule has 6 rings (SSSR count). The number of ketones is 1. The summed E-state index contributed by atoms with van der Waals surface area (Å²) < 4.78 is 16.4. The highest BCUT2D eigenvalue weighted by Gasteiger charge is 2.50. The Morgan fingerprint density at radius 2 is 1.60 bits per heavy atom. The summed E-state index contributed by atoms with van der Waals surface area (Å²) in [6.45, 7) is 10.3. The standard InChI is InChI=1S/C41H50N4O13/c1-7-20-16(2)24(45-39(20)54)12-23-18(4)22(8-9-29(48)49)33(43-23)31-32(40(55)56-6)36(51)30-19(5)25(44-34(30)31)13-26-21(17(3)27(14-46)42-26)10-11-57-41-38(53)37(52)35(50)28(15-47)58-41/h7,14,24,28,31-32,35,37-38,41-44,47,50,52-53H,1,8-13,15H2,2-6H3,(H,45,54)(H,48,49)/t24?,28-,31-,32+,35-,37+,38-,41-/m1/s1. The van der Waals surface area contributed by atoms with Gasteiger partial charge in [0.15, 0.2) is 18.4 Å². The number of aldehydes is 1. The Kier molecular flexibility index (Phi) is 12.4. The number of carboxylic acid groups (broad SMARTS) is 1. The molecule has 3 aromatic rings. The van der Waals surface area contributed by atoms with E-state index in [1.54, 1.807) is 13.8 Å². The second-order valence-corrected chi connectivity index (χ2v) is 15.1. The second-order valence-electron chi connectivity index (χ2n) is 15.1. The van der Waals surface area contributed by atoms with Crippen molar-refractivity contribution in [2.45, 2.75) is 102 Å². The summed E-state index contributed by atoms with van der Waals surface area (Å²) in [6, 6.07) is -0.369. The number of aromatic nitrogens is 3. The fourth-order valence-electron chi connectivity index (χ4n) is 8.65. The molecule has 0 bridgehead atoms. The number of hydrogen-bond acceptors (Lipinski definition) is 12. The van der Waals surface area contributed by atoms with E-state index < -0.39 is 66.9 Å². The zero-order valence-electron chi connectivity index (χ0n) is 32.9. The molecule has 1 amide bonds. The van der Waals surface area contributed by atoms with Crippen LogP contribution in [-0.2, 0) is 54.3 Å². The van der Waals surface area contributed by atoms with Gasteiger partial charge in [0, 0.05) is 58.9 Å². The van der Waals surface area contributed by atoms with Crippen molar-refractivity contribution in [3.63, 3.8) is 0 Å². The van der Waals surface area contributed by atoms with Gasteiger partial charge in [-0.05, 0) is 73.9 Å². The van der Waals surface area contributed by atoms with Gasteiger partial charge in [-0.2, -0.15) is 0 Å². The number of carboxylic acids is 1. The molecule has 0 spiro atoms. The molecule has 1 aliphatic carbocycles. The molecule has 1 fully saturated rings. The zero-order chi connectivity index (χ0) is 42.3. The number of rotatable bonds is 16. The number of fused-ring (bicyclic) bond motifs is 1. The molecule has 58 heavy (non-hydrogen) atoms. The summed E-state index contributed by atoms with van der Waals surface area (Å²) in [5, 5.41) is 52.9. The van der Waals surface area contributed by atoms with Gasteiger partial charge >= 0.3 is 11.9 Å². The average Bonchev–Trinajstić information content (AvgIpc) is 3.94. The topological polar surface area (TPSA) is 274 Å². The van der Waals surface area contributed by atoms with Gasteiger partial charge in [0.1, 0.15) is 30.3 Å². The quantitative estimate of drug-likeness (QED) is 0.0557. The Bertz CT molecular complexity index is 2170. The highest BCUT2D eigenvalue weighted by Crippen LogP contribution is 2.47. The summed E-state index contributed by atoms with van der Waals surface area (Å²) in [5.41, 5.74) is 8.08. The highest BCUT2D eigenvalue weighted by atomic mass is 16.7. The highest BCUT2D eigenvalue weighted by molar-refractivity contribution is 6.14. The SMILES string of the molecule is C=CC1=C(C)C(Cc2[nH]c([C@@H]3c4[nH]c(Cc5[nH]c(C=O)c(C)c5CCO[C@@H]5O[C@H](CO)[C@@H](O)[C@H](O)[C@H]5O)c(C)c4C(=O)[C@H]3C(=O)OC)c(CCC(=O)O)c2C)NC1=O. The maximum Gasteiger partial charge on any atom is 0.317 e. The summed E-state index contributed by atoms with van der Waals surface area (Å²) in [6.07, 6.45) is -4.42. The van der Waals surface area contributed by atoms with E-state index in [1.165, 1.54) is 13.2 Å². The van der Waals surface area contributed by atoms with Crippen LogP contribution in [-0.4, -0.2) is 127 Å². The fourth-order valence-corrected chi connectivity index (χ4v) is 8.65. The van der Waals surface area contributed by atoms with E-state index in [-0.39, 0.29) is 44.2 Å². The van der Waals surface area contributed by atoms with E-state index in [4.69, 9.17) is 14.2 Å². The molecule has 0 aromatic carbocycles. The van der Waals surface area contributed by atoms with Crippen LogP contribution in [0.5, 0.6) is 0 Å². The smallest absolute Gasteiger partial charge is 0.317 e. The van der Waals surface area contributed by atoms with Crippen molar-refractivity contribution in [2.24, 2.45) is 5.92 Å². The second kappa shape index (κ2) is 17.0. The van der Waals surface area contributed by atoms with Crippen LogP contribution in [0.15, 0.2) is 23.8 Å². The normalized spacial score (nSPS) is 25.6. The average molecular weight is 807 g/mol. The first kappa shape index (κ1) is 42.4. The Morgan fingerprint density at radius 1 is 0.897 bits per heavy atom. The third-order valence-electron chi connectivity index (χ3n) is 12.0. The molecular weight excluding hydrogens is 756 g/mol. The summed E-state index contributed by atoms with van der Waals surface area (Å²) in [4.78, 5) is 74.3. The molecular formula is C41H50N4O13. The van der Waals surface area contributed by atoms with Crippen molar-refractivity contribution in [1.82, 2.24) is 20.3 Å². The van der Waals surface area contributed by atoms with Crippen LogP contribution in [0.2, 0.25) is 0 Å². The van der Waals surface area contributed by atoms with E-state index >= 15 is 0 Å². The zero-order valence-corrected chi connectivity index (χ0v) is 32.9. The van der Waals surface area contributed by atoms with Crippen LogP contribution in [0.25, 0.3) is 0 Å². The van der Waals surface area contributed by atoms with Gasteiger partial charge < -0.3 is 60.0 Å². The summed E-state index contributed by atoms with van der Waals surface area (Å²) in [7, 11) is 1.20. The van der Waals surface area contributed by atoms with Crippen molar-refractivity contribution in [3.8, 4) is 0 Å². The predicted molar refractivity (Wildman–Crippen MR) is 204 cm³/mol. The van der Waals surface area contributed by atoms with Crippen molar-refractivity contribution in [1.29, 1.82) is 0 Å². The lowest BCUT2D eigenvalue weighted by Gasteiger charge is -2.39. The number of aromatic amines is 3. The van der Waals surface area contributed by atoms with Crippen LogP contribution in [0.4, 0.5) is 0 Å². The van der Waals surface area contributed by atoms with Gasteiger partial charge in [0.25, 0.3) is 5.91 Å². The van der Waals surface area contributed by atoms with Gasteiger partial charge in [0.2, 0.25) is 0 Å².